The van der Waals surface area contributed by atoms with Crippen molar-refractivity contribution < 1.29 is 14.3 Å². The molecule has 0 radical (unpaired) electrons. The molecule has 0 fully saturated rings. The first-order chi connectivity index (χ1) is 11.9. The number of rotatable bonds is 3. The number of aromatic nitrogens is 1. The van der Waals surface area contributed by atoms with E-state index >= 15 is 0 Å². The molecule has 1 aromatic heterocycles. The topological polar surface area (TPSA) is 71.5 Å². The number of hydrogen-bond donors (Lipinski definition) is 1. The largest absolute Gasteiger partial charge is 0.380 e. The van der Waals surface area contributed by atoms with Crippen LogP contribution in [0, 0.1) is 5.41 Å². The van der Waals surface area contributed by atoms with E-state index in [0.29, 0.717) is 23.5 Å². The van der Waals surface area contributed by atoms with Crippen molar-refractivity contribution in [2.75, 3.05) is 23.9 Å². The van der Waals surface area contributed by atoms with Gasteiger partial charge in [-0.25, -0.2) is 0 Å². The molecule has 0 saturated heterocycles. The summed E-state index contributed by atoms with van der Waals surface area (Å²) < 4.78 is 5.14. The van der Waals surface area contributed by atoms with Gasteiger partial charge in [-0.15, -0.1) is 0 Å². The van der Waals surface area contributed by atoms with E-state index in [1.807, 2.05) is 32.0 Å². The van der Waals surface area contributed by atoms with Gasteiger partial charge in [0.05, 0.1) is 29.6 Å². The van der Waals surface area contributed by atoms with Crippen LogP contribution in [0.5, 0.6) is 0 Å². The highest BCUT2D eigenvalue weighted by Crippen LogP contribution is 2.34. The van der Waals surface area contributed by atoms with Gasteiger partial charge < -0.3 is 15.0 Å². The van der Waals surface area contributed by atoms with Crippen molar-refractivity contribution in [2.45, 2.75) is 20.5 Å². The lowest BCUT2D eigenvalue weighted by Gasteiger charge is -2.28. The number of fused-ring (bicyclic) bond motifs is 1. The van der Waals surface area contributed by atoms with Crippen LogP contribution in [0.25, 0.3) is 0 Å². The highest BCUT2D eigenvalue weighted by Gasteiger charge is 2.37. The van der Waals surface area contributed by atoms with Crippen molar-refractivity contribution in [3.8, 4) is 0 Å². The molecule has 3 rings (SSSR count). The zero-order chi connectivity index (χ0) is 18.0. The number of anilines is 2. The number of hydrogen-bond acceptors (Lipinski definition) is 4. The van der Waals surface area contributed by atoms with E-state index in [1.54, 1.807) is 36.5 Å². The van der Waals surface area contributed by atoms with Crippen molar-refractivity contribution in [1.29, 1.82) is 0 Å². The minimum absolute atomic E-state index is 0.122. The molecule has 2 amide bonds. The second-order valence-electron chi connectivity index (χ2n) is 6.76. The van der Waals surface area contributed by atoms with E-state index in [1.165, 1.54) is 0 Å². The lowest BCUT2D eigenvalue weighted by molar-refractivity contribution is -0.123. The molecule has 1 N–H and O–H groups in total. The Labute approximate surface area is 146 Å². The van der Waals surface area contributed by atoms with Crippen molar-refractivity contribution in [3.63, 3.8) is 0 Å². The van der Waals surface area contributed by atoms with Gasteiger partial charge in [-0.2, -0.15) is 0 Å². The molecule has 2 aromatic rings. The van der Waals surface area contributed by atoms with Crippen LogP contribution < -0.4 is 10.2 Å². The summed E-state index contributed by atoms with van der Waals surface area (Å²) in [5.74, 6) is -0.292. The molecule has 0 saturated carbocycles. The van der Waals surface area contributed by atoms with Crippen LogP contribution >= 0.6 is 0 Å². The third kappa shape index (κ3) is 3.39. The van der Waals surface area contributed by atoms with E-state index in [2.05, 4.69) is 10.3 Å². The summed E-state index contributed by atoms with van der Waals surface area (Å²) in [6, 6.07) is 9.03. The highest BCUT2D eigenvalue weighted by atomic mass is 16.5. The molecule has 1 aliphatic rings. The lowest BCUT2D eigenvalue weighted by atomic mass is 9.91. The number of nitrogens with zero attached hydrogens (tertiary/aromatic N) is 2. The summed E-state index contributed by atoms with van der Waals surface area (Å²) in [6.07, 6.45) is 3.20. The van der Waals surface area contributed by atoms with Crippen molar-refractivity contribution in [1.82, 2.24) is 4.98 Å². The van der Waals surface area contributed by atoms with Gasteiger partial charge in [-0.05, 0) is 37.6 Å². The van der Waals surface area contributed by atoms with E-state index in [4.69, 9.17) is 4.74 Å². The Morgan fingerprint density at radius 3 is 2.92 bits per heavy atom. The number of pyridine rings is 1. The third-order valence-electron chi connectivity index (χ3n) is 4.24. The molecule has 0 atom stereocenters. The van der Waals surface area contributed by atoms with E-state index in [0.717, 1.165) is 5.56 Å². The Balaban J connectivity index is 2.03. The number of methoxy groups -OCH3 is 1. The third-order valence-corrected chi connectivity index (χ3v) is 4.24. The number of ether oxygens (including phenoxy) is 1. The molecule has 130 valence electrons. The fraction of sp³-hybridized carbons (Fsp3) is 0.316. The average Bonchev–Trinajstić information content (AvgIpc) is 2.69. The van der Waals surface area contributed by atoms with Crippen molar-refractivity contribution in [2.24, 2.45) is 5.41 Å². The van der Waals surface area contributed by atoms with Crippen molar-refractivity contribution >= 4 is 23.2 Å². The molecule has 1 aliphatic heterocycles. The Kier molecular flexibility index (Phi) is 4.55. The fourth-order valence-corrected chi connectivity index (χ4v) is 2.85. The summed E-state index contributed by atoms with van der Waals surface area (Å²) in [6.45, 7) is 4.35. The predicted octanol–water partition coefficient (Wildman–Crippen LogP) is 2.85. The summed E-state index contributed by atoms with van der Waals surface area (Å²) in [5.41, 5.74) is 1.94. The second kappa shape index (κ2) is 6.64. The second-order valence-corrected chi connectivity index (χ2v) is 6.76. The van der Waals surface area contributed by atoms with Gasteiger partial charge in [0.2, 0.25) is 5.91 Å². The van der Waals surface area contributed by atoms with E-state index in [-0.39, 0.29) is 18.4 Å². The molecule has 0 spiro atoms. The van der Waals surface area contributed by atoms with Gasteiger partial charge in [0.15, 0.2) is 0 Å². The Morgan fingerprint density at radius 2 is 2.16 bits per heavy atom. The normalized spacial score (nSPS) is 16.0. The van der Waals surface area contributed by atoms with E-state index < -0.39 is 5.41 Å². The molecule has 0 aliphatic carbocycles. The van der Waals surface area contributed by atoms with Gasteiger partial charge in [0, 0.05) is 25.4 Å². The molecule has 25 heavy (non-hydrogen) atoms. The van der Waals surface area contributed by atoms with Crippen LogP contribution in [-0.2, 0) is 16.1 Å². The summed E-state index contributed by atoms with van der Waals surface area (Å²) in [4.78, 5) is 31.4. The number of carbonyl (C=O) groups is 2. The molecule has 1 aromatic carbocycles. The Bertz CT molecular complexity index is 817. The average molecular weight is 339 g/mol. The minimum Gasteiger partial charge on any atom is -0.380 e. The van der Waals surface area contributed by atoms with Gasteiger partial charge in [0.1, 0.15) is 0 Å². The number of benzene rings is 1. The van der Waals surface area contributed by atoms with Crippen LogP contribution in [-0.4, -0.2) is 30.5 Å². The quantitative estimate of drug-likeness (QED) is 0.933. The van der Waals surface area contributed by atoms with Gasteiger partial charge in [-0.3, -0.25) is 14.6 Å². The maximum atomic E-state index is 13.2. The van der Waals surface area contributed by atoms with Crippen LogP contribution in [0.2, 0.25) is 0 Å². The van der Waals surface area contributed by atoms with E-state index in [9.17, 15) is 9.59 Å². The summed E-state index contributed by atoms with van der Waals surface area (Å²) in [5, 5.41) is 2.89. The van der Waals surface area contributed by atoms with Gasteiger partial charge in [-0.1, -0.05) is 12.1 Å². The van der Waals surface area contributed by atoms with Gasteiger partial charge in [0.25, 0.3) is 5.91 Å². The molecule has 2 heterocycles. The molecular formula is C19H21N3O3. The summed E-state index contributed by atoms with van der Waals surface area (Å²) in [7, 11) is 1.62. The zero-order valence-electron chi connectivity index (χ0n) is 14.6. The minimum atomic E-state index is -0.723. The molecule has 6 nitrogen and oxygen atoms in total. The van der Waals surface area contributed by atoms with Gasteiger partial charge >= 0.3 is 0 Å². The standard InChI is InChI=1S/C19H21N3O3/c1-19(2)12-22(16-10-20-8-7-15(16)21-18(19)24)17(23)14-6-4-5-13(9-14)11-25-3/h4-10H,11-12H2,1-3H3,(H,21,24). The number of amides is 2. The molecule has 6 heteroatoms. The smallest absolute Gasteiger partial charge is 0.258 e. The molecular weight excluding hydrogens is 318 g/mol. The summed E-state index contributed by atoms with van der Waals surface area (Å²) >= 11 is 0. The SMILES string of the molecule is COCc1cccc(C(=O)N2CC(C)(C)C(=O)Nc3ccncc32)c1. The fourth-order valence-electron chi connectivity index (χ4n) is 2.85. The van der Waals surface area contributed by atoms with Crippen LogP contribution in [0.3, 0.4) is 0 Å². The first-order valence-corrected chi connectivity index (χ1v) is 8.07. The molecule has 0 bridgehead atoms. The van der Waals surface area contributed by atoms with Crippen molar-refractivity contribution in [3.05, 3.63) is 53.9 Å². The number of carbonyl (C=O) groups excluding carboxylic acids is 2. The molecule has 0 unspecified atom stereocenters. The monoisotopic (exact) mass is 339 g/mol. The van der Waals surface area contributed by atoms with Crippen LogP contribution in [0.4, 0.5) is 11.4 Å². The Morgan fingerprint density at radius 1 is 1.36 bits per heavy atom. The van der Waals surface area contributed by atoms with Crippen LogP contribution in [0.1, 0.15) is 29.8 Å². The van der Waals surface area contributed by atoms with Crippen LogP contribution in [0.15, 0.2) is 42.7 Å². The number of nitrogens with one attached hydrogen (secondary N) is 1. The first-order valence-electron chi connectivity index (χ1n) is 8.07. The predicted molar refractivity (Wildman–Crippen MR) is 95.5 cm³/mol. The first kappa shape index (κ1) is 17.1. The zero-order valence-corrected chi connectivity index (χ0v) is 14.6. The highest BCUT2D eigenvalue weighted by molar-refractivity contribution is 6.11. The lowest BCUT2D eigenvalue weighted by Crippen LogP contribution is -2.42. The maximum Gasteiger partial charge on any atom is 0.258 e. The maximum absolute atomic E-state index is 13.2. The Hall–Kier alpha value is -2.73.